The molecule has 66 heavy (non-hydrogen) atoms. The lowest BCUT2D eigenvalue weighted by atomic mass is 9.73. The van der Waals surface area contributed by atoms with Crippen molar-refractivity contribution in [2.24, 2.45) is 0 Å². The summed E-state index contributed by atoms with van der Waals surface area (Å²) >= 11 is 0. The number of rotatable bonds is 7. The topological polar surface area (TPSA) is 17.8 Å². The van der Waals surface area contributed by atoms with Crippen LogP contribution in [0.5, 0.6) is 0 Å². The summed E-state index contributed by atoms with van der Waals surface area (Å²) in [5.41, 5.74) is 19.9. The van der Waals surface area contributed by atoms with Gasteiger partial charge in [0, 0.05) is 33.5 Å². The van der Waals surface area contributed by atoms with Crippen molar-refractivity contribution in [2.75, 3.05) is 0 Å². The third kappa shape index (κ3) is 5.84. The molecule has 2 heterocycles. The van der Waals surface area contributed by atoms with Gasteiger partial charge in [-0.25, -0.2) is 0 Å². The number of hydrogen-bond donors (Lipinski definition) is 0. The van der Waals surface area contributed by atoms with E-state index in [-0.39, 0.29) is 5.41 Å². The number of benzene rings is 10. The van der Waals surface area contributed by atoms with Crippen molar-refractivity contribution in [3.8, 4) is 61.3 Å². The highest BCUT2D eigenvalue weighted by atomic mass is 15.0. The molecule has 2 heteroatoms. The predicted octanol–water partition coefficient (Wildman–Crippen LogP) is 17.4. The van der Waals surface area contributed by atoms with Crippen LogP contribution in [-0.2, 0) is 5.41 Å². The van der Waals surface area contributed by atoms with Gasteiger partial charge in [-0.1, -0.05) is 172 Å². The Hall–Kier alpha value is -8.07. The summed E-state index contributed by atoms with van der Waals surface area (Å²) < 4.78 is 2.52. The fraction of sp³-hybridized carbons (Fsp3) is 0.0781. The molecule has 0 saturated heterocycles. The molecule has 10 aromatic carbocycles. The highest BCUT2D eigenvalue weighted by molar-refractivity contribution is 6.13. The van der Waals surface area contributed by atoms with Crippen LogP contribution in [0.4, 0.5) is 0 Å². The van der Waals surface area contributed by atoms with Crippen LogP contribution < -0.4 is 0 Å². The van der Waals surface area contributed by atoms with Crippen LogP contribution in [0, 0.1) is 0 Å². The molecule has 0 aliphatic heterocycles. The standard InChI is InChI=1S/C64H46N2/c1-3-64(4-2)59-38-46(41-21-23-42(24-22-41)47-26-25-45-16-11-35-65-61(45)39-47)27-31-55(59)56-32-30-50(40-60(56)64)66-62-33-28-48(53-19-9-14-43-12-5-7-17-51(43)53)36-57(62)58-37-49(29-34-63(58)66)54-20-10-15-44-13-6-8-18-52(44)54/h5-40H,3-4H2,1-2H3. The lowest BCUT2D eigenvalue weighted by molar-refractivity contribution is 0.490. The predicted molar refractivity (Wildman–Crippen MR) is 280 cm³/mol. The normalized spacial score (nSPS) is 12.9. The van der Waals surface area contributed by atoms with Crippen LogP contribution in [0.2, 0.25) is 0 Å². The molecule has 12 aromatic rings. The van der Waals surface area contributed by atoms with Gasteiger partial charge in [0.1, 0.15) is 0 Å². The zero-order valence-electron chi connectivity index (χ0n) is 37.1. The van der Waals surface area contributed by atoms with Gasteiger partial charge in [0.05, 0.1) is 16.6 Å². The molecular weight excluding hydrogens is 797 g/mol. The minimum absolute atomic E-state index is 0.115. The maximum atomic E-state index is 4.60. The molecule has 1 aliphatic carbocycles. The Balaban J connectivity index is 0.943. The van der Waals surface area contributed by atoms with Crippen LogP contribution >= 0.6 is 0 Å². The molecular formula is C64H46N2. The van der Waals surface area contributed by atoms with Gasteiger partial charge < -0.3 is 4.57 Å². The Bertz CT molecular complexity index is 3750. The van der Waals surface area contributed by atoms with Crippen LogP contribution in [-0.4, -0.2) is 9.55 Å². The highest BCUT2D eigenvalue weighted by Gasteiger charge is 2.41. The second kappa shape index (κ2) is 15.0. The molecule has 0 radical (unpaired) electrons. The fourth-order valence-electron chi connectivity index (χ4n) is 11.5. The largest absolute Gasteiger partial charge is 0.309 e. The van der Waals surface area contributed by atoms with Gasteiger partial charge in [0.25, 0.3) is 0 Å². The number of pyridine rings is 1. The highest BCUT2D eigenvalue weighted by Crippen LogP contribution is 2.54. The SMILES string of the molecule is CCC1(CC)c2cc(-c3ccc(-c4ccc5cccnc5c4)cc3)ccc2-c2ccc(-n3c4ccc(-c5cccc6ccccc56)cc4c4cc(-c5cccc6ccccc56)ccc43)cc21. The second-order valence-corrected chi connectivity index (χ2v) is 18.1. The summed E-state index contributed by atoms with van der Waals surface area (Å²) in [5.74, 6) is 0. The van der Waals surface area contributed by atoms with E-state index >= 15 is 0 Å². The molecule has 0 spiro atoms. The number of aromatic nitrogens is 2. The van der Waals surface area contributed by atoms with E-state index in [2.05, 4.69) is 230 Å². The van der Waals surface area contributed by atoms with Crippen LogP contribution in [0.25, 0.3) is 116 Å². The molecule has 0 amide bonds. The Morgan fingerprint density at radius 1 is 0.364 bits per heavy atom. The van der Waals surface area contributed by atoms with Gasteiger partial charge in [-0.05, 0) is 156 Å². The third-order valence-corrected chi connectivity index (χ3v) is 14.9. The van der Waals surface area contributed by atoms with Crippen molar-refractivity contribution in [3.63, 3.8) is 0 Å². The number of nitrogens with zero attached hydrogens (tertiary/aromatic N) is 2. The average Bonchev–Trinajstić information content (AvgIpc) is 3.86. The Kier molecular flexibility index (Phi) is 8.73. The number of hydrogen-bond acceptors (Lipinski definition) is 1. The van der Waals surface area contributed by atoms with Gasteiger partial charge in [-0.2, -0.15) is 0 Å². The summed E-state index contributed by atoms with van der Waals surface area (Å²) in [7, 11) is 0. The molecule has 1 aliphatic rings. The van der Waals surface area contributed by atoms with E-state index in [1.54, 1.807) is 0 Å². The van der Waals surface area contributed by atoms with Crippen molar-refractivity contribution in [1.29, 1.82) is 0 Å². The van der Waals surface area contributed by atoms with E-state index in [0.717, 1.165) is 23.7 Å². The van der Waals surface area contributed by atoms with E-state index in [4.69, 9.17) is 0 Å². The van der Waals surface area contributed by atoms with E-state index in [1.807, 2.05) is 12.3 Å². The molecule has 2 nitrogen and oxygen atoms in total. The summed E-state index contributed by atoms with van der Waals surface area (Å²) in [6, 6.07) is 79.2. The Labute approximate surface area is 385 Å². The zero-order chi connectivity index (χ0) is 43.9. The van der Waals surface area contributed by atoms with Gasteiger partial charge >= 0.3 is 0 Å². The first-order chi connectivity index (χ1) is 32.6. The van der Waals surface area contributed by atoms with Crippen LogP contribution in [0.15, 0.2) is 219 Å². The van der Waals surface area contributed by atoms with Gasteiger partial charge in [-0.3, -0.25) is 4.98 Å². The van der Waals surface area contributed by atoms with E-state index in [0.29, 0.717) is 0 Å². The van der Waals surface area contributed by atoms with Crippen LogP contribution in [0.1, 0.15) is 37.8 Å². The molecule has 13 rings (SSSR count). The minimum atomic E-state index is -0.115. The minimum Gasteiger partial charge on any atom is -0.309 e. The fourth-order valence-corrected chi connectivity index (χ4v) is 11.5. The van der Waals surface area contributed by atoms with E-state index in [9.17, 15) is 0 Å². The summed E-state index contributed by atoms with van der Waals surface area (Å²) in [6.45, 7) is 4.75. The van der Waals surface area contributed by atoms with Crippen molar-refractivity contribution in [3.05, 3.63) is 230 Å². The first kappa shape index (κ1) is 38.4. The maximum absolute atomic E-state index is 4.60. The van der Waals surface area contributed by atoms with Gasteiger partial charge in [0.15, 0.2) is 0 Å². The Morgan fingerprint density at radius 2 is 0.864 bits per heavy atom. The number of fused-ring (bicyclic) bond motifs is 9. The molecule has 0 fully saturated rings. The quantitative estimate of drug-likeness (QED) is 0.156. The third-order valence-electron chi connectivity index (χ3n) is 14.9. The molecule has 0 N–H and O–H groups in total. The van der Waals surface area contributed by atoms with Gasteiger partial charge in [-0.15, -0.1) is 0 Å². The molecule has 0 bridgehead atoms. The van der Waals surface area contributed by atoms with Crippen molar-refractivity contribution < 1.29 is 0 Å². The summed E-state index contributed by atoms with van der Waals surface area (Å²) in [6.07, 6.45) is 3.90. The smallest absolute Gasteiger partial charge is 0.0708 e. The maximum Gasteiger partial charge on any atom is 0.0708 e. The van der Waals surface area contributed by atoms with Crippen molar-refractivity contribution in [1.82, 2.24) is 9.55 Å². The average molecular weight is 843 g/mol. The van der Waals surface area contributed by atoms with Crippen molar-refractivity contribution in [2.45, 2.75) is 32.1 Å². The van der Waals surface area contributed by atoms with Gasteiger partial charge in [0.2, 0.25) is 0 Å². The van der Waals surface area contributed by atoms with E-state index in [1.165, 1.54) is 116 Å². The lowest BCUT2D eigenvalue weighted by Crippen LogP contribution is -2.23. The monoisotopic (exact) mass is 842 g/mol. The first-order valence-electron chi connectivity index (χ1n) is 23.4. The zero-order valence-corrected chi connectivity index (χ0v) is 37.1. The molecule has 0 atom stereocenters. The first-order valence-corrected chi connectivity index (χ1v) is 23.4. The molecule has 2 aromatic heterocycles. The van der Waals surface area contributed by atoms with Crippen LogP contribution in [0.3, 0.4) is 0 Å². The summed E-state index contributed by atoms with van der Waals surface area (Å²) in [5, 5.41) is 8.72. The lowest BCUT2D eigenvalue weighted by Gasteiger charge is -2.30. The van der Waals surface area contributed by atoms with E-state index < -0.39 is 0 Å². The molecule has 0 saturated carbocycles. The van der Waals surface area contributed by atoms with Crippen molar-refractivity contribution >= 4 is 54.3 Å². The molecule has 312 valence electrons. The molecule has 0 unspecified atom stereocenters. The summed E-state index contributed by atoms with van der Waals surface area (Å²) in [4.78, 5) is 4.60. The Morgan fingerprint density at radius 3 is 1.48 bits per heavy atom. The second-order valence-electron chi connectivity index (χ2n) is 18.1.